The number of aliphatic hydroxyl groups excluding tert-OH is 1. The average Bonchev–Trinajstić information content (AvgIpc) is 2.84. The molecule has 0 bridgehead atoms. The number of ketones is 1. The first-order valence-corrected chi connectivity index (χ1v) is 7.91. The normalized spacial score (nSPS) is 38.6. The van der Waals surface area contributed by atoms with Gasteiger partial charge in [0.15, 0.2) is 5.78 Å². The maximum atomic E-state index is 12.6. The fourth-order valence-corrected chi connectivity index (χ4v) is 4.31. The van der Waals surface area contributed by atoms with Gasteiger partial charge in [0, 0.05) is 11.3 Å². The summed E-state index contributed by atoms with van der Waals surface area (Å²) >= 11 is 0. The highest BCUT2D eigenvalue weighted by atomic mass is 16.3. The number of fused-ring (bicyclic) bond motifs is 1. The molecule has 0 radical (unpaired) electrons. The van der Waals surface area contributed by atoms with Crippen molar-refractivity contribution < 1.29 is 14.3 Å². The number of carbonyl (C=O) groups is 1. The average molecular weight is 288 g/mol. The number of carbonyl (C=O) groups excluding carboxylic acids is 1. The van der Waals surface area contributed by atoms with E-state index in [1.54, 1.807) is 0 Å². The second-order valence-corrected chi connectivity index (χ2v) is 7.01. The maximum absolute atomic E-state index is 12.6. The zero-order valence-electron chi connectivity index (χ0n) is 13.1. The van der Waals surface area contributed by atoms with Crippen LogP contribution in [-0.4, -0.2) is 17.0 Å². The van der Waals surface area contributed by atoms with Gasteiger partial charge in [0.25, 0.3) is 0 Å². The summed E-state index contributed by atoms with van der Waals surface area (Å²) in [5.41, 5.74) is 0.621. The van der Waals surface area contributed by atoms with Crippen LogP contribution in [0.25, 0.3) is 6.08 Å². The summed E-state index contributed by atoms with van der Waals surface area (Å²) in [5.74, 6) is 2.08. The molecule has 1 N–H and O–H groups in total. The van der Waals surface area contributed by atoms with Gasteiger partial charge in [0.05, 0.1) is 6.10 Å². The summed E-state index contributed by atoms with van der Waals surface area (Å²) in [7, 11) is 0. The molecule has 4 atom stereocenters. The van der Waals surface area contributed by atoms with Crippen LogP contribution in [0.5, 0.6) is 0 Å². The molecule has 2 aliphatic carbocycles. The van der Waals surface area contributed by atoms with Crippen molar-refractivity contribution in [2.24, 2.45) is 17.3 Å². The number of rotatable bonds is 1. The molecule has 0 aromatic carbocycles. The Bertz CT molecular complexity index is 583. The largest absolute Gasteiger partial charge is 0.462 e. The number of furan rings is 1. The number of allylic oxidation sites excluding steroid dienone is 1. The smallest absolute Gasteiger partial charge is 0.162 e. The molecule has 1 heterocycles. The molecule has 2 saturated carbocycles. The number of hydrogen-bond acceptors (Lipinski definition) is 3. The van der Waals surface area contributed by atoms with E-state index in [1.807, 2.05) is 32.1 Å². The lowest BCUT2D eigenvalue weighted by Crippen LogP contribution is -2.51. The van der Waals surface area contributed by atoms with Gasteiger partial charge in [-0.05, 0) is 55.9 Å². The van der Waals surface area contributed by atoms with Gasteiger partial charge >= 0.3 is 0 Å². The second kappa shape index (κ2) is 5.13. The van der Waals surface area contributed by atoms with Gasteiger partial charge in [-0.15, -0.1) is 0 Å². The van der Waals surface area contributed by atoms with Crippen LogP contribution in [0.1, 0.15) is 51.1 Å². The number of aryl methyl sites for hydroxylation is 1. The summed E-state index contributed by atoms with van der Waals surface area (Å²) in [5, 5.41) is 10.5. The first-order chi connectivity index (χ1) is 9.91. The molecule has 0 amide bonds. The molecule has 3 nitrogen and oxygen atoms in total. The Balaban J connectivity index is 1.96. The molecule has 0 spiro atoms. The first-order valence-electron chi connectivity index (χ1n) is 7.91. The number of hydrogen-bond donors (Lipinski definition) is 1. The highest BCUT2D eigenvalue weighted by Gasteiger charge is 2.51. The minimum Gasteiger partial charge on any atom is -0.462 e. The van der Waals surface area contributed by atoms with E-state index in [-0.39, 0.29) is 23.2 Å². The van der Waals surface area contributed by atoms with Crippen molar-refractivity contribution in [3.63, 3.8) is 0 Å². The monoisotopic (exact) mass is 288 g/mol. The van der Waals surface area contributed by atoms with Crippen LogP contribution in [-0.2, 0) is 4.79 Å². The minimum absolute atomic E-state index is 0.0130. The van der Waals surface area contributed by atoms with E-state index in [4.69, 9.17) is 4.42 Å². The van der Waals surface area contributed by atoms with Gasteiger partial charge in [-0.3, -0.25) is 4.79 Å². The van der Waals surface area contributed by atoms with Crippen LogP contribution in [0.4, 0.5) is 0 Å². The summed E-state index contributed by atoms with van der Waals surface area (Å²) in [4.78, 5) is 12.6. The second-order valence-electron chi connectivity index (χ2n) is 7.01. The predicted molar refractivity (Wildman–Crippen MR) is 81.7 cm³/mol. The van der Waals surface area contributed by atoms with Crippen LogP contribution in [0.15, 0.2) is 22.1 Å². The molecule has 3 heteroatoms. The lowest BCUT2D eigenvalue weighted by atomic mass is 9.54. The van der Waals surface area contributed by atoms with Crippen molar-refractivity contribution in [1.82, 2.24) is 0 Å². The molecule has 2 aliphatic rings. The summed E-state index contributed by atoms with van der Waals surface area (Å²) in [6.07, 6.45) is 5.13. The molecule has 2 fully saturated rings. The van der Waals surface area contributed by atoms with E-state index in [9.17, 15) is 9.90 Å². The SMILES string of the molecule is Cc1ccc(/C=C2/C[C@@]3(C)C(CCC[C@@H]3O)C(C)C2=O)o1. The van der Waals surface area contributed by atoms with Crippen molar-refractivity contribution in [1.29, 1.82) is 0 Å². The molecule has 1 aromatic heterocycles. The maximum Gasteiger partial charge on any atom is 0.162 e. The lowest BCUT2D eigenvalue weighted by Gasteiger charge is -2.51. The molecular weight excluding hydrogens is 264 g/mol. The van der Waals surface area contributed by atoms with Gasteiger partial charge in [-0.1, -0.05) is 20.3 Å². The zero-order chi connectivity index (χ0) is 15.2. The highest BCUT2D eigenvalue weighted by molar-refractivity contribution is 6.01. The van der Waals surface area contributed by atoms with Gasteiger partial charge < -0.3 is 9.52 Å². The first kappa shape index (κ1) is 14.6. The van der Waals surface area contributed by atoms with E-state index in [0.29, 0.717) is 12.3 Å². The minimum atomic E-state index is -0.312. The Morgan fingerprint density at radius 1 is 1.38 bits per heavy atom. The number of Topliss-reactive ketones (excluding diaryl/α,β-unsaturated/α-hetero) is 1. The van der Waals surface area contributed by atoms with E-state index in [0.717, 1.165) is 36.4 Å². The summed E-state index contributed by atoms with van der Waals surface area (Å²) < 4.78 is 5.57. The Hall–Kier alpha value is -1.35. The molecule has 0 saturated heterocycles. The van der Waals surface area contributed by atoms with Crippen molar-refractivity contribution in [2.45, 2.75) is 52.6 Å². The van der Waals surface area contributed by atoms with Gasteiger partial charge in [0.1, 0.15) is 11.5 Å². The molecule has 0 aliphatic heterocycles. The Labute approximate surface area is 126 Å². The fourth-order valence-electron chi connectivity index (χ4n) is 4.31. The molecule has 114 valence electrons. The standard InChI is InChI=1S/C18H24O3/c1-11-7-8-14(21-11)9-13-10-18(3)15(12(2)17(13)20)5-4-6-16(18)19/h7-9,12,15-16,19H,4-6,10H2,1-3H3/b13-9-/t12?,15?,16-,18-/m0/s1. The lowest BCUT2D eigenvalue weighted by molar-refractivity contribution is -0.133. The summed E-state index contributed by atoms with van der Waals surface area (Å²) in [6, 6.07) is 3.80. The van der Waals surface area contributed by atoms with Crippen LogP contribution in [0.3, 0.4) is 0 Å². The quantitative estimate of drug-likeness (QED) is 0.801. The zero-order valence-corrected chi connectivity index (χ0v) is 13.1. The Morgan fingerprint density at radius 3 is 2.81 bits per heavy atom. The van der Waals surface area contributed by atoms with Crippen LogP contribution < -0.4 is 0 Å². The third kappa shape index (κ3) is 2.38. The topological polar surface area (TPSA) is 50.4 Å². The molecule has 21 heavy (non-hydrogen) atoms. The Kier molecular flexibility index (Phi) is 3.56. The fraction of sp³-hybridized carbons (Fsp3) is 0.611. The van der Waals surface area contributed by atoms with Gasteiger partial charge in [0.2, 0.25) is 0 Å². The van der Waals surface area contributed by atoms with Gasteiger partial charge in [-0.25, -0.2) is 0 Å². The van der Waals surface area contributed by atoms with Crippen LogP contribution >= 0.6 is 0 Å². The van der Waals surface area contributed by atoms with Crippen molar-refractivity contribution in [3.05, 3.63) is 29.2 Å². The van der Waals surface area contributed by atoms with E-state index in [1.165, 1.54) is 0 Å². The van der Waals surface area contributed by atoms with Crippen molar-refractivity contribution in [2.75, 3.05) is 0 Å². The number of aliphatic hydroxyl groups is 1. The van der Waals surface area contributed by atoms with Crippen LogP contribution in [0.2, 0.25) is 0 Å². The Morgan fingerprint density at radius 2 is 2.14 bits per heavy atom. The van der Waals surface area contributed by atoms with E-state index >= 15 is 0 Å². The molecule has 1 aromatic rings. The van der Waals surface area contributed by atoms with E-state index in [2.05, 4.69) is 6.92 Å². The third-order valence-corrected chi connectivity index (χ3v) is 5.58. The van der Waals surface area contributed by atoms with Crippen molar-refractivity contribution >= 4 is 11.9 Å². The van der Waals surface area contributed by atoms with Crippen LogP contribution in [0, 0.1) is 24.2 Å². The molecule has 2 unspecified atom stereocenters. The third-order valence-electron chi connectivity index (χ3n) is 5.58. The molecular formula is C18H24O3. The molecule has 3 rings (SSSR count). The van der Waals surface area contributed by atoms with Crippen molar-refractivity contribution in [3.8, 4) is 0 Å². The summed E-state index contributed by atoms with van der Waals surface area (Å²) in [6.45, 7) is 6.06. The predicted octanol–water partition coefficient (Wildman–Crippen LogP) is 3.75. The highest BCUT2D eigenvalue weighted by Crippen LogP contribution is 2.53. The van der Waals surface area contributed by atoms with E-state index < -0.39 is 0 Å². The van der Waals surface area contributed by atoms with Gasteiger partial charge in [-0.2, -0.15) is 0 Å².